The minimum Gasteiger partial charge on any atom is -0.489 e. The molecule has 2 heterocycles. The molecule has 1 aliphatic heterocycles. The van der Waals surface area contributed by atoms with Gasteiger partial charge < -0.3 is 15.4 Å². The first-order valence-electron chi connectivity index (χ1n) is 11.6. The molecule has 8 heteroatoms. The summed E-state index contributed by atoms with van der Waals surface area (Å²) in [6, 6.07) is 19.1. The van der Waals surface area contributed by atoms with Crippen LogP contribution in [0.1, 0.15) is 35.2 Å². The minimum absolute atomic E-state index is 0.244. The fourth-order valence-corrected chi connectivity index (χ4v) is 4.40. The molecular formula is C28H26FN5O2. The lowest BCUT2D eigenvalue weighted by Crippen LogP contribution is -2.32. The quantitative estimate of drug-likeness (QED) is 0.376. The van der Waals surface area contributed by atoms with Gasteiger partial charge in [0, 0.05) is 16.9 Å². The lowest BCUT2D eigenvalue weighted by atomic mass is 9.94. The lowest BCUT2D eigenvalue weighted by Gasteiger charge is -2.30. The number of rotatable bonds is 6. The number of hydrogen-bond acceptors (Lipinski definition) is 5. The number of fused-ring (bicyclic) bond motifs is 1. The average Bonchev–Trinajstić information content (AvgIpc) is 3.33. The van der Waals surface area contributed by atoms with Crippen molar-refractivity contribution in [3.63, 3.8) is 0 Å². The molecule has 0 aliphatic carbocycles. The molecule has 3 aromatic carbocycles. The summed E-state index contributed by atoms with van der Waals surface area (Å²) < 4.78 is 21.2. The first-order valence-corrected chi connectivity index (χ1v) is 11.6. The first kappa shape index (κ1) is 23.3. The van der Waals surface area contributed by atoms with E-state index in [1.54, 1.807) is 16.8 Å². The third-order valence-corrected chi connectivity index (χ3v) is 6.19. The molecule has 0 spiro atoms. The largest absolute Gasteiger partial charge is 0.489 e. The molecule has 1 aromatic heterocycles. The van der Waals surface area contributed by atoms with E-state index in [-0.39, 0.29) is 18.3 Å². The van der Waals surface area contributed by atoms with E-state index in [4.69, 9.17) is 4.74 Å². The van der Waals surface area contributed by atoms with Crippen molar-refractivity contribution in [1.82, 2.24) is 14.8 Å². The number of nitrogens with zero attached hydrogens (tertiary/aromatic N) is 3. The summed E-state index contributed by atoms with van der Waals surface area (Å²) in [6.07, 6.45) is 1.45. The van der Waals surface area contributed by atoms with E-state index in [1.165, 1.54) is 18.5 Å². The van der Waals surface area contributed by atoms with Crippen LogP contribution in [0, 0.1) is 19.7 Å². The van der Waals surface area contributed by atoms with Crippen LogP contribution < -0.4 is 15.4 Å². The molecule has 0 saturated carbocycles. The number of amides is 1. The van der Waals surface area contributed by atoms with Crippen molar-refractivity contribution in [3.8, 4) is 5.75 Å². The molecule has 4 aromatic rings. The Morgan fingerprint density at radius 1 is 1.08 bits per heavy atom. The monoisotopic (exact) mass is 483 g/mol. The highest BCUT2D eigenvalue weighted by atomic mass is 19.1. The van der Waals surface area contributed by atoms with Gasteiger partial charge in [-0.05, 0) is 56.2 Å². The van der Waals surface area contributed by atoms with Gasteiger partial charge in [0.15, 0.2) is 0 Å². The molecule has 0 saturated heterocycles. The second kappa shape index (κ2) is 9.65. The molecule has 36 heavy (non-hydrogen) atoms. The van der Waals surface area contributed by atoms with Crippen LogP contribution >= 0.6 is 0 Å². The molecule has 0 fully saturated rings. The van der Waals surface area contributed by atoms with E-state index < -0.39 is 6.04 Å². The van der Waals surface area contributed by atoms with Gasteiger partial charge in [-0.2, -0.15) is 10.1 Å². The van der Waals surface area contributed by atoms with Crippen molar-refractivity contribution in [2.24, 2.45) is 0 Å². The van der Waals surface area contributed by atoms with Gasteiger partial charge in [0.2, 0.25) is 5.95 Å². The summed E-state index contributed by atoms with van der Waals surface area (Å²) in [6.45, 7) is 6.08. The van der Waals surface area contributed by atoms with Crippen molar-refractivity contribution in [3.05, 3.63) is 112 Å². The summed E-state index contributed by atoms with van der Waals surface area (Å²) in [5, 5.41) is 10.7. The Morgan fingerprint density at radius 2 is 1.86 bits per heavy atom. The number of hydrogen-bond donors (Lipinski definition) is 2. The van der Waals surface area contributed by atoms with E-state index in [2.05, 4.69) is 20.7 Å². The molecule has 0 bridgehead atoms. The molecule has 0 radical (unpaired) electrons. The van der Waals surface area contributed by atoms with Gasteiger partial charge in [-0.1, -0.05) is 48.0 Å². The molecule has 2 N–H and O–H groups in total. The Bertz CT molecular complexity index is 1460. The van der Waals surface area contributed by atoms with Crippen molar-refractivity contribution < 1.29 is 13.9 Å². The average molecular weight is 484 g/mol. The third kappa shape index (κ3) is 4.57. The molecule has 182 valence electrons. The lowest BCUT2D eigenvalue weighted by molar-refractivity contribution is -0.113. The number of ether oxygens (including phenoxy) is 1. The maximum Gasteiger partial charge on any atom is 0.255 e. The van der Waals surface area contributed by atoms with Crippen LogP contribution in [0.15, 0.2) is 84.3 Å². The zero-order chi connectivity index (χ0) is 25.2. The fourth-order valence-electron chi connectivity index (χ4n) is 4.40. The zero-order valence-corrected chi connectivity index (χ0v) is 20.2. The Morgan fingerprint density at radius 3 is 2.64 bits per heavy atom. The van der Waals surface area contributed by atoms with Crippen LogP contribution in [0.4, 0.5) is 16.0 Å². The highest BCUT2D eigenvalue weighted by molar-refractivity contribution is 6.06. The summed E-state index contributed by atoms with van der Waals surface area (Å²) in [5.41, 5.74) is 5.62. The standard InChI is InChI=1S/C28H26FN5O2/c1-17-8-13-23(18(2)14-17)33-27(35)25-19(3)32-28-30-16-31-34(28)26(25)22-6-4-5-7-24(22)36-15-20-9-11-21(29)12-10-20/h4-14,16,26H,15H2,1-3H3,(H,33,35)(H,30,31,32)/t26-/m0/s1. The summed E-state index contributed by atoms with van der Waals surface area (Å²) in [5.74, 6) is 0.591. The van der Waals surface area contributed by atoms with Gasteiger partial charge in [-0.15, -0.1) is 0 Å². The predicted molar refractivity (Wildman–Crippen MR) is 136 cm³/mol. The number of nitrogens with one attached hydrogen (secondary N) is 2. The van der Waals surface area contributed by atoms with Crippen LogP contribution in [0.25, 0.3) is 0 Å². The number of para-hydroxylation sites is 1. The fraction of sp³-hybridized carbons (Fsp3) is 0.179. The summed E-state index contributed by atoms with van der Waals surface area (Å²) >= 11 is 0. The number of halogens is 1. The summed E-state index contributed by atoms with van der Waals surface area (Å²) in [7, 11) is 0. The smallest absolute Gasteiger partial charge is 0.255 e. The molecule has 0 unspecified atom stereocenters. The second-order valence-corrected chi connectivity index (χ2v) is 8.82. The number of aromatic nitrogens is 3. The van der Waals surface area contributed by atoms with E-state index >= 15 is 0 Å². The van der Waals surface area contributed by atoms with E-state index in [1.807, 2.05) is 63.2 Å². The number of benzene rings is 3. The van der Waals surface area contributed by atoms with Crippen LogP contribution in [0.5, 0.6) is 5.75 Å². The van der Waals surface area contributed by atoms with E-state index in [0.29, 0.717) is 23.0 Å². The van der Waals surface area contributed by atoms with Crippen molar-refractivity contribution in [2.75, 3.05) is 10.6 Å². The van der Waals surface area contributed by atoms with E-state index in [0.717, 1.165) is 27.9 Å². The van der Waals surface area contributed by atoms with Gasteiger partial charge >= 0.3 is 0 Å². The van der Waals surface area contributed by atoms with Crippen molar-refractivity contribution in [1.29, 1.82) is 0 Å². The molecule has 5 rings (SSSR count). The normalized spacial score (nSPS) is 14.7. The third-order valence-electron chi connectivity index (χ3n) is 6.19. The van der Waals surface area contributed by atoms with Gasteiger partial charge in [0.05, 0.1) is 5.57 Å². The van der Waals surface area contributed by atoms with Gasteiger partial charge in [-0.25, -0.2) is 9.07 Å². The second-order valence-electron chi connectivity index (χ2n) is 8.82. The van der Waals surface area contributed by atoms with Crippen LogP contribution in [-0.2, 0) is 11.4 Å². The van der Waals surface area contributed by atoms with Crippen molar-refractivity contribution >= 4 is 17.5 Å². The number of carbonyl (C=O) groups excluding carboxylic acids is 1. The SMILES string of the molecule is CC1=C(C(=O)Nc2ccc(C)cc2C)[C@H](c2ccccc2OCc2ccc(F)cc2)n2ncnc2N1. The molecular weight excluding hydrogens is 457 g/mol. The van der Waals surface area contributed by atoms with Crippen LogP contribution in [0.3, 0.4) is 0 Å². The first-order chi connectivity index (χ1) is 17.4. The zero-order valence-electron chi connectivity index (χ0n) is 20.2. The van der Waals surface area contributed by atoms with Gasteiger partial charge in [0.25, 0.3) is 5.91 Å². The highest BCUT2D eigenvalue weighted by Crippen LogP contribution is 2.39. The van der Waals surface area contributed by atoms with E-state index in [9.17, 15) is 9.18 Å². The highest BCUT2D eigenvalue weighted by Gasteiger charge is 2.35. The molecule has 7 nitrogen and oxygen atoms in total. The minimum atomic E-state index is -0.570. The number of carbonyl (C=O) groups is 1. The number of allylic oxidation sites excluding steroid dienone is 1. The Hall–Kier alpha value is -4.46. The Labute approximate surface area is 208 Å². The maximum absolute atomic E-state index is 13.7. The molecule has 1 amide bonds. The van der Waals surface area contributed by atoms with Gasteiger partial charge in [-0.3, -0.25) is 4.79 Å². The number of aryl methyl sites for hydroxylation is 2. The topological polar surface area (TPSA) is 81.1 Å². The van der Waals surface area contributed by atoms with Crippen LogP contribution in [0.2, 0.25) is 0 Å². The van der Waals surface area contributed by atoms with Crippen LogP contribution in [-0.4, -0.2) is 20.7 Å². The van der Waals surface area contributed by atoms with Crippen molar-refractivity contribution in [2.45, 2.75) is 33.4 Å². The predicted octanol–water partition coefficient (Wildman–Crippen LogP) is 5.54. The number of anilines is 2. The maximum atomic E-state index is 13.7. The van der Waals surface area contributed by atoms with Gasteiger partial charge in [0.1, 0.15) is 30.5 Å². The Kier molecular flexibility index (Phi) is 6.25. The molecule has 1 aliphatic rings. The molecule has 1 atom stereocenters. The summed E-state index contributed by atoms with van der Waals surface area (Å²) in [4.78, 5) is 18.0. The Balaban J connectivity index is 1.51.